The van der Waals surface area contributed by atoms with E-state index in [0.717, 1.165) is 33.0 Å². The molecule has 1 aliphatic rings. The number of hydrogen-bond acceptors (Lipinski definition) is 5. The first-order valence-electron chi connectivity index (χ1n) is 10.2. The van der Waals surface area contributed by atoms with Gasteiger partial charge in [-0.25, -0.2) is 9.59 Å². The van der Waals surface area contributed by atoms with Crippen LogP contribution in [-0.2, 0) is 16.6 Å². The first-order valence-corrected chi connectivity index (χ1v) is 10.2. The van der Waals surface area contributed by atoms with E-state index in [9.17, 15) is 23.2 Å². The molecule has 2 amide bonds. The van der Waals surface area contributed by atoms with Crippen LogP contribution in [0.4, 0.5) is 19.4 Å². The van der Waals surface area contributed by atoms with E-state index in [1.54, 1.807) is 5.32 Å². The molecule has 0 spiro atoms. The number of fused-ring (bicyclic) bond motifs is 3. The number of carboxylic acid groups (broad SMARTS) is 1. The lowest BCUT2D eigenvalue weighted by Gasteiger charge is -2.14. The fourth-order valence-electron chi connectivity index (χ4n) is 3.79. The summed E-state index contributed by atoms with van der Waals surface area (Å²) in [5.41, 5.74) is 3.99. The van der Waals surface area contributed by atoms with Crippen LogP contribution in [0, 0.1) is 0 Å². The highest BCUT2D eigenvalue weighted by atomic mass is 19.3. The second kappa shape index (κ2) is 8.93. The van der Waals surface area contributed by atoms with Crippen LogP contribution in [0.3, 0.4) is 0 Å². The lowest BCUT2D eigenvalue weighted by molar-refractivity contribution is -0.163. The van der Waals surface area contributed by atoms with E-state index in [0.29, 0.717) is 0 Å². The summed E-state index contributed by atoms with van der Waals surface area (Å²) in [4.78, 5) is 34.9. The predicted octanol–water partition coefficient (Wildman–Crippen LogP) is 3.23. The maximum Gasteiger partial charge on any atom is 0.412 e. The topological polar surface area (TPSA) is 123 Å². The third-order valence-corrected chi connectivity index (χ3v) is 5.47. The van der Waals surface area contributed by atoms with Crippen LogP contribution in [0.5, 0.6) is 0 Å². The van der Waals surface area contributed by atoms with Crippen molar-refractivity contribution in [3.8, 4) is 11.1 Å². The van der Waals surface area contributed by atoms with E-state index in [4.69, 9.17) is 9.84 Å². The molecule has 1 heterocycles. The number of aromatic nitrogens is 2. The fraction of sp³-hybridized carbons (Fsp3) is 0.217. The molecule has 1 aromatic heterocycles. The van der Waals surface area contributed by atoms with Crippen LogP contribution < -0.4 is 10.6 Å². The smallest absolute Gasteiger partial charge is 0.412 e. The zero-order chi connectivity index (χ0) is 24.5. The van der Waals surface area contributed by atoms with Crippen LogP contribution in [0.2, 0.25) is 0 Å². The molecule has 0 aliphatic heterocycles. The van der Waals surface area contributed by atoms with E-state index < -0.39 is 30.4 Å². The van der Waals surface area contributed by atoms with Gasteiger partial charge in [-0.3, -0.25) is 14.8 Å². The standard InChI is InChI=1S/C23H20F2N4O5/c1-29-19(10-18(28-29)20(30)26-12-23(24,25)21(31)32)27-22(33)34-11-17-15-8-4-2-6-13(15)14-7-3-5-9-16(14)17/h2-10,17H,11-12H2,1H3,(H,26,30)(H,27,33)(H,31,32). The molecule has 0 fully saturated rings. The van der Waals surface area contributed by atoms with Gasteiger partial charge in [-0.05, 0) is 22.3 Å². The van der Waals surface area contributed by atoms with Crippen LogP contribution in [0.1, 0.15) is 27.5 Å². The van der Waals surface area contributed by atoms with Crippen LogP contribution >= 0.6 is 0 Å². The molecule has 4 rings (SSSR count). The van der Waals surface area contributed by atoms with Crippen LogP contribution in [0.25, 0.3) is 11.1 Å². The van der Waals surface area contributed by atoms with Gasteiger partial charge in [-0.15, -0.1) is 0 Å². The highest BCUT2D eigenvalue weighted by Gasteiger charge is 2.39. The molecule has 2 aromatic carbocycles. The number of carbonyl (C=O) groups excluding carboxylic acids is 2. The normalized spacial score (nSPS) is 12.6. The number of nitrogens with one attached hydrogen (secondary N) is 2. The third kappa shape index (κ3) is 4.45. The number of benzene rings is 2. The summed E-state index contributed by atoms with van der Waals surface area (Å²) >= 11 is 0. The van der Waals surface area contributed by atoms with Crippen molar-refractivity contribution in [1.82, 2.24) is 15.1 Å². The molecule has 0 saturated carbocycles. The van der Waals surface area contributed by atoms with Crippen molar-refractivity contribution >= 4 is 23.8 Å². The Hall–Kier alpha value is -4.28. The largest absolute Gasteiger partial charge is 0.477 e. The van der Waals surface area contributed by atoms with Gasteiger partial charge < -0.3 is 15.2 Å². The van der Waals surface area contributed by atoms with E-state index in [1.807, 2.05) is 48.5 Å². The van der Waals surface area contributed by atoms with Gasteiger partial charge in [0.05, 0.1) is 6.54 Å². The number of carboxylic acids is 1. The maximum atomic E-state index is 13.2. The number of hydrogen-bond donors (Lipinski definition) is 3. The summed E-state index contributed by atoms with van der Waals surface area (Å²) in [6.07, 6.45) is -0.783. The summed E-state index contributed by atoms with van der Waals surface area (Å²) < 4.78 is 32.9. The molecule has 0 bridgehead atoms. The molecular formula is C23H20F2N4O5. The number of ether oxygens (including phenoxy) is 1. The lowest BCUT2D eigenvalue weighted by Crippen LogP contribution is -2.42. The number of aliphatic carboxylic acids is 1. The number of anilines is 1. The Morgan fingerprint density at radius 3 is 2.26 bits per heavy atom. The van der Waals surface area contributed by atoms with Crippen molar-refractivity contribution in [2.24, 2.45) is 7.05 Å². The lowest BCUT2D eigenvalue weighted by atomic mass is 9.98. The Labute approximate surface area is 192 Å². The number of rotatable bonds is 7. The fourth-order valence-corrected chi connectivity index (χ4v) is 3.79. The monoisotopic (exact) mass is 470 g/mol. The van der Waals surface area contributed by atoms with Gasteiger partial charge in [0, 0.05) is 19.0 Å². The molecule has 9 nitrogen and oxygen atoms in total. The Morgan fingerprint density at radius 2 is 1.68 bits per heavy atom. The van der Waals surface area contributed by atoms with Crippen molar-refractivity contribution in [3.05, 3.63) is 71.4 Å². The van der Waals surface area contributed by atoms with Gasteiger partial charge in [-0.2, -0.15) is 13.9 Å². The van der Waals surface area contributed by atoms with E-state index in [-0.39, 0.29) is 24.0 Å². The van der Waals surface area contributed by atoms with Gasteiger partial charge in [0.15, 0.2) is 5.69 Å². The molecule has 3 aromatic rings. The second-order valence-electron chi connectivity index (χ2n) is 7.68. The van der Waals surface area contributed by atoms with Gasteiger partial charge in [-0.1, -0.05) is 48.5 Å². The first kappa shape index (κ1) is 22.9. The minimum atomic E-state index is -4.12. The third-order valence-electron chi connectivity index (χ3n) is 5.47. The molecule has 11 heteroatoms. The van der Waals surface area contributed by atoms with Crippen molar-refractivity contribution in [2.75, 3.05) is 18.5 Å². The maximum absolute atomic E-state index is 13.2. The average molecular weight is 470 g/mol. The SMILES string of the molecule is Cn1nc(C(=O)NCC(F)(F)C(=O)O)cc1NC(=O)OCC1c2ccccc2-c2ccccc21. The molecule has 176 valence electrons. The van der Waals surface area contributed by atoms with E-state index in [1.165, 1.54) is 7.05 Å². The number of carbonyl (C=O) groups is 3. The molecule has 3 N–H and O–H groups in total. The summed E-state index contributed by atoms with van der Waals surface area (Å²) in [5, 5.41) is 16.5. The summed E-state index contributed by atoms with van der Waals surface area (Å²) in [6.45, 7) is -1.32. The molecule has 0 atom stereocenters. The zero-order valence-electron chi connectivity index (χ0n) is 17.9. The Bertz CT molecular complexity index is 1230. The van der Waals surface area contributed by atoms with Gasteiger partial charge in [0.2, 0.25) is 0 Å². The molecule has 34 heavy (non-hydrogen) atoms. The highest BCUT2D eigenvalue weighted by Crippen LogP contribution is 2.44. The van der Waals surface area contributed by atoms with Crippen molar-refractivity contribution < 1.29 is 33.0 Å². The number of alkyl halides is 2. The molecule has 0 unspecified atom stereocenters. The van der Waals surface area contributed by atoms with Crippen LogP contribution in [0.15, 0.2) is 54.6 Å². The highest BCUT2D eigenvalue weighted by molar-refractivity contribution is 5.94. The summed E-state index contributed by atoms with van der Waals surface area (Å²) in [5.74, 6) is -7.54. The molecular weight excluding hydrogens is 450 g/mol. The predicted molar refractivity (Wildman–Crippen MR) is 117 cm³/mol. The number of halogens is 2. The quantitative estimate of drug-likeness (QED) is 0.487. The van der Waals surface area contributed by atoms with Crippen LogP contribution in [-0.4, -0.2) is 51.9 Å². The van der Waals surface area contributed by atoms with E-state index >= 15 is 0 Å². The number of aryl methyl sites for hydroxylation is 1. The summed E-state index contributed by atoms with van der Waals surface area (Å²) in [7, 11) is 1.43. The van der Waals surface area contributed by atoms with Crippen molar-refractivity contribution in [3.63, 3.8) is 0 Å². The molecule has 1 aliphatic carbocycles. The number of amides is 2. The minimum Gasteiger partial charge on any atom is -0.477 e. The van der Waals surface area contributed by atoms with Crippen molar-refractivity contribution in [1.29, 1.82) is 0 Å². The van der Waals surface area contributed by atoms with Gasteiger partial charge >= 0.3 is 18.0 Å². The zero-order valence-corrected chi connectivity index (χ0v) is 17.9. The first-order chi connectivity index (χ1) is 16.2. The molecule has 0 radical (unpaired) electrons. The van der Waals surface area contributed by atoms with Crippen molar-refractivity contribution in [2.45, 2.75) is 11.8 Å². The average Bonchev–Trinajstić information content (AvgIpc) is 3.34. The Balaban J connectivity index is 1.39. The second-order valence-corrected chi connectivity index (χ2v) is 7.68. The van der Waals surface area contributed by atoms with Gasteiger partial charge in [0.25, 0.3) is 5.91 Å². The Morgan fingerprint density at radius 1 is 1.09 bits per heavy atom. The van der Waals surface area contributed by atoms with E-state index in [2.05, 4.69) is 10.4 Å². The minimum absolute atomic E-state index is 0.0787. The molecule has 0 saturated heterocycles. The number of nitrogens with zero attached hydrogens (tertiary/aromatic N) is 2. The van der Waals surface area contributed by atoms with Gasteiger partial charge in [0.1, 0.15) is 12.4 Å². The Kier molecular flexibility index (Phi) is 6.01. The summed E-state index contributed by atoms with van der Waals surface area (Å²) in [6, 6.07) is 16.9.